The molecule has 0 bridgehead atoms. The van der Waals surface area contributed by atoms with Gasteiger partial charge in [0.05, 0.1) is 4.88 Å². The van der Waals surface area contributed by atoms with Crippen molar-refractivity contribution < 1.29 is 4.79 Å². The first-order chi connectivity index (χ1) is 9.10. The number of rotatable bonds is 4. The highest BCUT2D eigenvalue weighted by molar-refractivity contribution is 7.17. The number of nitrogen functional groups attached to an aromatic ring is 1. The molecule has 0 saturated heterocycles. The fraction of sp³-hybridized carbons (Fsp3) is 0.267. The van der Waals surface area contributed by atoms with E-state index in [-0.39, 0.29) is 5.91 Å². The summed E-state index contributed by atoms with van der Waals surface area (Å²) < 4.78 is 0. The SMILES string of the molecule is CC(C)Cc1ccc(-c2ccc(C(=O)NN)s2)cc1. The van der Waals surface area contributed by atoms with Gasteiger partial charge in [0.2, 0.25) is 0 Å². The van der Waals surface area contributed by atoms with Gasteiger partial charge in [0.1, 0.15) is 0 Å². The summed E-state index contributed by atoms with van der Waals surface area (Å²) in [4.78, 5) is 13.1. The van der Waals surface area contributed by atoms with E-state index >= 15 is 0 Å². The Hall–Kier alpha value is -1.65. The lowest BCUT2D eigenvalue weighted by molar-refractivity contribution is 0.0957. The third-order valence-electron chi connectivity index (χ3n) is 2.84. The second kappa shape index (κ2) is 5.99. The van der Waals surface area contributed by atoms with Crippen LogP contribution in [0.25, 0.3) is 10.4 Å². The van der Waals surface area contributed by atoms with Gasteiger partial charge in [-0.3, -0.25) is 10.2 Å². The molecule has 0 spiro atoms. The Labute approximate surface area is 117 Å². The molecule has 0 unspecified atom stereocenters. The second-order valence-corrected chi connectivity index (χ2v) is 6.02. The summed E-state index contributed by atoms with van der Waals surface area (Å²) in [5.74, 6) is 5.54. The molecule has 2 rings (SSSR count). The number of benzene rings is 1. The number of hydrazine groups is 1. The number of nitrogens with two attached hydrogens (primary N) is 1. The molecule has 1 amide bonds. The second-order valence-electron chi connectivity index (χ2n) is 4.93. The van der Waals surface area contributed by atoms with E-state index in [0.29, 0.717) is 10.8 Å². The minimum absolute atomic E-state index is 0.243. The van der Waals surface area contributed by atoms with Crippen LogP contribution >= 0.6 is 11.3 Å². The molecule has 0 aliphatic rings. The quantitative estimate of drug-likeness (QED) is 0.511. The van der Waals surface area contributed by atoms with E-state index in [0.717, 1.165) is 16.9 Å². The van der Waals surface area contributed by atoms with Crippen molar-refractivity contribution in [1.29, 1.82) is 0 Å². The summed E-state index contributed by atoms with van der Waals surface area (Å²) in [5.41, 5.74) is 4.62. The van der Waals surface area contributed by atoms with Crippen LogP contribution in [0.15, 0.2) is 36.4 Å². The van der Waals surface area contributed by atoms with E-state index in [4.69, 9.17) is 5.84 Å². The molecule has 4 heteroatoms. The summed E-state index contributed by atoms with van der Waals surface area (Å²) in [6, 6.07) is 12.3. The summed E-state index contributed by atoms with van der Waals surface area (Å²) >= 11 is 1.45. The highest BCUT2D eigenvalue weighted by atomic mass is 32.1. The Bertz CT molecular complexity index is 558. The summed E-state index contributed by atoms with van der Waals surface area (Å²) in [6.07, 6.45) is 1.09. The van der Waals surface area contributed by atoms with Crippen molar-refractivity contribution in [2.75, 3.05) is 0 Å². The lowest BCUT2D eigenvalue weighted by Crippen LogP contribution is -2.29. The Morgan fingerprint density at radius 3 is 2.47 bits per heavy atom. The van der Waals surface area contributed by atoms with Crippen molar-refractivity contribution in [2.24, 2.45) is 11.8 Å². The minimum atomic E-state index is -0.243. The van der Waals surface area contributed by atoms with Crippen molar-refractivity contribution in [3.05, 3.63) is 46.8 Å². The number of hydrogen-bond acceptors (Lipinski definition) is 3. The Morgan fingerprint density at radius 2 is 1.89 bits per heavy atom. The van der Waals surface area contributed by atoms with Gasteiger partial charge in [-0.25, -0.2) is 5.84 Å². The molecule has 1 aromatic carbocycles. The van der Waals surface area contributed by atoms with Crippen LogP contribution in [0.1, 0.15) is 29.1 Å². The van der Waals surface area contributed by atoms with Crippen LogP contribution in [-0.2, 0) is 6.42 Å². The fourth-order valence-corrected chi connectivity index (χ4v) is 2.88. The molecule has 0 saturated carbocycles. The number of nitrogens with one attached hydrogen (secondary N) is 1. The maximum absolute atomic E-state index is 11.4. The van der Waals surface area contributed by atoms with Crippen LogP contribution in [0.2, 0.25) is 0 Å². The van der Waals surface area contributed by atoms with Gasteiger partial charge < -0.3 is 0 Å². The Balaban J connectivity index is 2.18. The normalized spacial score (nSPS) is 10.7. The molecule has 0 radical (unpaired) electrons. The Morgan fingerprint density at radius 1 is 1.21 bits per heavy atom. The van der Waals surface area contributed by atoms with E-state index in [1.54, 1.807) is 6.07 Å². The van der Waals surface area contributed by atoms with Crippen LogP contribution < -0.4 is 11.3 Å². The summed E-state index contributed by atoms with van der Waals surface area (Å²) in [5, 5.41) is 0. The van der Waals surface area contributed by atoms with Gasteiger partial charge in [0.25, 0.3) is 5.91 Å². The number of carbonyl (C=O) groups is 1. The molecule has 0 fully saturated rings. The monoisotopic (exact) mass is 274 g/mol. The molecule has 19 heavy (non-hydrogen) atoms. The van der Waals surface area contributed by atoms with Crippen LogP contribution in [0.4, 0.5) is 0 Å². The maximum Gasteiger partial charge on any atom is 0.275 e. The molecular weight excluding hydrogens is 256 g/mol. The molecule has 3 N–H and O–H groups in total. The molecule has 1 aromatic heterocycles. The number of amides is 1. The summed E-state index contributed by atoms with van der Waals surface area (Å²) in [6.45, 7) is 4.43. The van der Waals surface area contributed by atoms with Crippen molar-refractivity contribution >= 4 is 17.2 Å². The van der Waals surface area contributed by atoms with E-state index < -0.39 is 0 Å². The number of carbonyl (C=O) groups excluding carboxylic acids is 1. The molecule has 100 valence electrons. The van der Waals surface area contributed by atoms with Crippen molar-refractivity contribution in [3.8, 4) is 10.4 Å². The third-order valence-corrected chi connectivity index (χ3v) is 3.98. The molecule has 0 aliphatic carbocycles. The van der Waals surface area contributed by atoms with Crippen LogP contribution in [0.3, 0.4) is 0 Å². The largest absolute Gasteiger partial charge is 0.289 e. The van der Waals surface area contributed by atoms with Gasteiger partial charge in [-0.1, -0.05) is 38.1 Å². The van der Waals surface area contributed by atoms with Gasteiger partial charge in [0, 0.05) is 4.88 Å². The zero-order chi connectivity index (χ0) is 13.8. The lowest BCUT2D eigenvalue weighted by Gasteiger charge is -2.05. The van der Waals surface area contributed by atoms with E-state index in [1.165, 1.54) is 16.9 Å². The average Bonchev–Trinajstić information content (AvgIpc) is 2.87. The van der Waals surface area contributed by atoms with Gasteiger partial charge in [-0.05, 0) is 35.6 Å². The molecular formula is C15H18N2OS. The van der Waals surface area contributed by atoms with Crippen LogP contribution in [-0.4, -0.2) is 5.91 Å². The van der Waals surface area contributed by atoms with Gasteiger partial charge in [-0.15, -0.1) is 11.3 Å². The zero-order valence-electron chi connectivity index (χ0n) is 11.1. The van der Waals surface area contributed by atoms with Gasteiger partial charge in [0.15, 0.2) is 0 Å². The van der Waals surface area contributed by atoms with Gasteiger partial charge >= 0.3 is 0 Å². The predicted molar refractivity (Wildman–Crippen MR) is 80.0 cm³/mol. The van der Waals surface area contributed by atoms with Crippen LogP contribution in [0.5, 0.6) is 0 Å². The fourth-order valence-electron chi connectivity index (χ4n) is 1.96. The molecule has 3 nitrogen and oxygen atoms in total. The zero-order valence-corrected chi connectivity index (χ0v) is 12.0. The molecule has 2 aromatic rings. The smallest absolute Gasteiger partial charge is 0.275 e. The molecule has 0 aliphatic heterocycles. The van der Waals surface area contributed by atoms with E-state index in [1.807, 2.05) is 6.07 Å². The molecule has 1 heterocycles. The highest BCUT2D eigenvalue weighted by Gasteiger charge is 2.08. The first kappa shape index (κ1) is 13.8. The first-order valence-electron chi connectivity index (χ1n) is 6.30. The first-order valence-corrected chi connectivity index (χ1v) is 7.12. The molecule has 0 atom stereocenters. The van der Waals surface area contributed by atoms with Crippen molar-refractivity contribution in [3.63, 3.8) is 0 Å². The predicted octanol–water partition coefficient (Wildman–Crippen LogP) is 3.22. The number of hydrogen-bond donors (Lipinski definition) is 2. The maximum atomic E-state index is 11.4. The standard InChI is InChI=1S/C15H18N2OS/c1-10(2)9-11-3-5-12(6-4-11)13-7-8-14(19-13)15(18)17-16/h3-8,10H,9,16H2,1-2H3,(H,17,18). The van der Waals surface area contributed by atoms with E-state index in [2.05, 4.69) is 43.5 Å². The van der Waals surface area contributed by atoms with Crippen molar-refractivity contribution in [1.82, 2.24) is 5.43 Å². The third kappa shape index (κ3) is 3.43. The van der Waals surface area contributed by atoms with Crippen LogP contribution in [0, 0.1) is 5.92 Å². The number of thiophene rings is 1. The van der Waals surface area contributed by atoms with E-state index in [9.17, 15) is 4.79 Å². The van der Waals surface area contributed by atoms with Gasteiger partial charge in [-0.2, -0.15) is 0 Å². The summed E-state index contributed by atoms with van der Waals surface area (Å²) in [7, 11) is 0. The Kier molecular flexibility index (Phi) is 4.35. The van der Waals surface area contributed by atoms with Crippen molar-refractivity contribution in [2.45, 2.75) is 20.3 Å². The lowest BCUT2D eigenvalue weighted by atomic mass is 10.0. The topological polar surface area (TPSA) is 55.1 Å². The highest BCUT2D eigenvalue weighted by Crippen LogP contribution is 2.28. The average molecular weight is 274 g/mol. The minimum Gasteiger partial charge on any atom is -0.289 e.